The van der Waals surface area contributed by atoms with Crippen molar-refractivity contribution in [2.75, 3.05) is 45.7 Å². The van der Waals surface area contributed by atoms with Gasteiger partial charge in [-0.25, -0.2) is 4.98 Å². The van der Waals surface area contributed by atoms with Crippen molar-refractivity contribution < 1.29 is 4.74 Å². The molecule has 4 nitrogen and oxygen atoms in total. The van der Waals surface area contributed by atoms with Crippen molar-refractivity contribution >= 4 is 33.3 Å². The average molecular weight is 323 g/mol. The maximum Gasteiger partial charge on any atom is 0.144 e. The molecular weight excluding hydrogens is 305 g/mol. The quantitative estimate of drug-likeness (QED) is 0.783. The molecule has 0 bridgehead atoms. The van der Waals surface area contributed by atoms with Crippen LogP contribution < -0.4 is 5.32 Å². The van der Waals surface area contributed by atoms with E-state index in [9.17, 15) is 0 Å². The zero-order valence-corrected chi connectivity index (χ0v) is 12.4. The van der Waals surface area contributed by atoms with Crippen LogP contribution in [0.25, 0.3) is 0 Å². The fourth-order valence-corrected chi connectivity index (χ4v) is 1.83. The minimum Gasteiger partial charge on any atom is -0.378 e. The third-order valence-corrected chi connectivity index (χ3v) is 2.75. The molecule has 0 aliphatic carbocycles. The van der Waals surface area contributed by atoms with E-state index in [0.29, 0.717) is 24.0 Å². The van der Waals surface area contributed by atoms with E-state index < -0.39 is 0 Å². The van der Waals surface area contributed by atoms with Gasteiger partial charge in [-0.05, 0) is 36.1 Å². The van der Waals surface area contributed by atoms with Crippen molar-refractivity contribution in [1.82, 2.24) is 9.88 Å². The molecule has 17 heavy (non-hydrogen) atoms. The largest absolute Gasteiger partial charge is 0.378 e. The molecule has 0 unspecified atom stereocenters. The Kier molecular flexibility index (Phi) is 6.80. The first kappa shape index (κ1) is 14.7. The van der Waals surface area contributed by atoms with Crippen molar-refractivity contribution in [1.29, 1.82) is 0 Å². The minimum absolute atomic E-state index is 0.604. The van der Waals surface area contributed by atoms with Crippen molar-refractivity contribution in [3.05, 3.63) is 21.8 Å². The fourth-order valence-electron chi connectivity index (χ4n) is 1.14. The van der Waals surface area contributed by atoms with Crippen molar-refractivity contribution in [3.8, 4) is 0 Å². The van der Waals surface area contributed by atoms with Crippen LogP contribution in [0.2, 0.25) is 5.02 Å². The molecule has 1 heterocycles. The molecule has 1 rings (SSSR count). The summed E-state index contributed by atoms with van der Waals surface area (Å²) in [5.74, 6) is 0.686. The maximum atomic E-state index is 6.01. The zero-order chi connectivity index (χ0) is 12.7. The van der Waals surface area contributed by atoms with Gasteiger partial charge in [0.05, 0.1) is 18.2 Å². The summed E-state index contributed by atoms with van der Waals surface area (Å²) in [6.45, 7) is 3.00. The topological polar surface area (TPSA) is 37.4 Å². The van der Waals surface area contributed by atoms with Gasteiger partial charge in [-0.3, -0.25) is 0 Å². The van der Waals surface area contributed by atoms with Crippen LogP contribution in [-0.2, 0) is 4.74 Å². The predicted octanol–water partition coefficient (Wildman–Crippen LogP) is 2.49. The van der Waals surface area contributed by atoms with Gasteiger partial charge in [-0.2, -0.15) is 0 Å². The number of likely N-dealkylation sites (N-methyl/N-ethyl adjacent to an activating group) is 1. The lowest BCUT2D eigenvalue weighted by Crippen LogP contribution is -2.20. The highest BCUT2D eigenvalue weighted by Gasteiger charge is 2.01. The van der Waals surface area contributed by atoms with E-state index in [4.69, 9.17) is 16.3 Å². The summed E-state index contributed by atoms with van der Waals surface area (Å²) in [6, 6.07) is 1.81. The molecule has 6 heteroatoms. The number of hydrogen-bond acceptors (Lipinski definition) is 4. The Hall–Kier alpha value is -0.360. The molecule has 1 N–H and O–H groups in total. The molecule has 0 aromatic carbocycles. The second kappa shape index (κ2) is 7.87. The molecule has 0 saturated carbocycles. The van der Waals surface area contributed by atoms with E-state index in [1.54, 1.807) is 6.20 Å². The molecule has 0 spiro atoms. The second-order valence-electron chi connectivity index (χ2n) is 3.83. The Morgan fingerprint density at radius 1 is 1.47 bits per heavy atom. The summed E-state index contributed by atoms with van der Waals surface area (Å²) >= 11 is 9.32. The Morgan fingerprint density at radius 2 is 2.24 bits per heavy atom. The Bertz CT molecular complexity index is 349. The van der Waals surface area contributed by atoms with Crippen LogP contribution in [0.15, 0.2) is 16.7 Å². The smallest absolute Gasteiger partial charge is 0.144 e. The highest BCUT2D eigenvalue weighted by atomic mass is 79.9. The van der Waals surface area contributed by atoms with Crippen molar-refractivity contribution in [2.45, 2.75) is 0 Å². The van der Waals surface area contributed by atoms with E-state index in [1.807, 2.05) is 20.2 Å². The number of pyridine rings is 1. The molecule has 0 aliphatic heterocycles. The summed E-state index contributed by atoms with van der Waals surface area (Å²) in [5, 5.41) is 3.73. The lowest BCUT2D eigenvalue weighted by Gasteiger charge is -2.11. The third-order valence-electron chi connectivity index (χ3n) is 2.03. The molecule has 0 atom stereocenters. The fraction of sp³-hybridized carbons (Fsp3) is 0.545. The summed E-state index contributed by atoms with van der Waals surface area (Å²) in [5.41, 5.74) is 0. The van der Waals surface area contributed by atoms with Gasteiger partial charge in [0.2, 0.25) is 0 Å². The summed E-state index contributed by atoms with van der Waals surface area (Å²) in [7, 11) is 4.04. The van der Waals surface area contributed by atoms with E-state index >= 15 is 0 Å². The Labute approximate surface area is 115 Å². The van der Waals surface area contributed by atoms with Gasteiger partial charge in [0.25, 0.3) is 0 Å². The molecular formula is C11H17BrClN3O. The normalized spacial score (nSPS) is 10.9. The van der Waals surface area contributed by atoms with Gasteiger partial charge in [-0.15, -0.1) is 0 Å². The molecule has 0 aliphatic rings. The lowest BCUT2D eigenvalue weighted by atomic mass is 10.4. The van der Waals surface area contributed by atoms with Gasteiger partial charge in [-0.1, -0.05) is 11.6 Å². The number of nitrogens with zero attached hydrogens (tertiary/aromatic N) is 2. The number of hydrogen-bond donors (Lipinski definition) is 1. The Morgan fingerprint density at radius 3 is 2.88 bits per heavy atom. The number of ether oxygens (including phenoxy) is 1. The summed E-state index contributed by atoms with van der Waals surface area (Å²) < 4.78 is 6.32. The average Bonchev–Trinajstić information content (AvgIpc) is 2.25. The number of halogens is 2. The van der Waals surface area contributed by atoms with E-state index in [2.05, 4.69) is 31.1 Å². The van der Waals surface area contributed by atoms with Crippen molar-refractivity contribution in [2.24, 2.45) is 0 Å². The highest BCUT2D eigenvalue weighted by molar-refractivity contribution is 9.10. The van der Waals surface area contributed by atoms with Crippen LogP contribution in [0, 0.1) is 0 Å². The van der Waals surface area contributed by atoms with Crippen LogP contribution >= 0.6 is 27.5 Å². The van der Waals surface area contributed by atoms with Crippen LogP contribution in [0.3, 0.4) is 0 Å². The van der Waals surface area contributed by atoms with Gasteiger partial charge < -0.3 is 15.0 Å². The number of aromatic nitrogens is 1. The van der Waals surface area contributed by atoms with Crippen LogP contribution in [0.4, 0.5) is 5.82 Å². The van der Waals surface area contributed by atoms with Crippen LogP contribution in [0.5, 0.6) is 0 Å². The molecule has 96 valence electrons. The minimum atomic E-state index is 0.604. The molecule has 1 aromatic rings. The molecule has 0 saturated heterocycles. The highest BCUT2D eigenvalue weighted by Crippen LogP contribution is 2.22. The molecule has 0 radical (unpaired) electrons. The summed E-state index contributed by atoms with van der Waals surface area (Å²) in [6.07, 6.45) is 1.71. The van der Waals surface area contributed by atoms with E-state index in [0.717, 1.165) is 17.6 Å². The second-order valence-corrected chi connectivity index (χ2v) is 5.15. The molecule has 0 fully saturated rings. The van der Waals surface area contributed by atoms with Crippen LogP contribution in [-0.4, -0.2) is 50.3 Å². The zero-order valence-electron chi connectivity index (χ0n) is 10.0. The number of rotatable bonds is 7. The first-order valence-corrected chi connectivity index (χ1v) is 6.54. The van der Waals surface area contributed by atoms with Gasteiger partial charge in [0.1, 0.15) is 5.82 Å². The van der Waals surface area contributed by atoms with Crippen molar-refractivity contribution in [3.63, 3.8) is 0 Å². The van der Waals surface area contributed by atoms with Crippen LogP contribution in [0.1, 0.15) is 0 Å². The molecule has 0 amide bonds. The van der Waals surface area contributed by atoms with E-state index in [-0.39, 0.29) is 0 Å². The predicted molar refractivity (Wildman–Crippen MR) is 74.8 cm³/mol. The lowest BCUT2D eigenvalue weighted by molar-refractivity contribution is 0.126. The van der Waals surface area contributed by atoms with Gasteiger partial charge >= 0.3 is 0 Å². The van der Waals surface area contributed by atoms with Gasteiger partial charge in [0, 0.05) is 23.8 Å². The maximum absolute atomic E-state index is 6.01. The van der Waals surface area contributed by atoms with Gasteiger partial charge in [0.15, 0.2) is 0 Å². The number of nitrogens with one attached hydrogen (secondary N) is 1. The first-order chi connectivity index (χ1) is 8.09. The first-order valence-electron chi connectivity index (χ1n) is 5.37. The monoisotopic (exact) mass is 321 g/mol. The third kappa shape index (κ3) is 6.21. The Balaban J connectivity index is 2.18. The standard InChI is InChI=1S/C11H17BrClN3O/c1-16(2)4-6-17-5-3-14-11-10(13)7-9(12)8-15-11/h7-8H,3-6H2,1-2H3,(H,14,15). The van der Waals surface area contributed by atoms with E-state index in [1.165, 1.54) is 0 Å². The SMILES string of the molecule is CN(C)CCOCCNc1ncc(Br)cc1Cl. The number of anilines is 1. The summed E-state index contributed by atoms with van der Waals surface area (Å²) in [4.78, 5) is 6.25. The molecule has 1 aromatic heterocycles.